The monoisotopic (exact) mass is 529 g/mol. The fourth-order valence-electron chi connectivity index (χ4n) is 6.09. The summed E-state index contributed by atoms with van der Waals surface area (Å²) < 4.78 is 4.41. The lowest BCUT2D eigenvalue weighted by molar-refractivity contribution is 0.642. The van der Waals surface area contributed by atoms with Gasteiger partial charge in [-0.15, -0.1) is 0 Å². The van der Waals surface area contributed by atoms with Gasteiger partial charge in [-0.1, -0.05) is 68.4 Å². The molecule has 0 aliphatic carbocycles. The molecule has 8 aromatic rings. The second-order valence-electron chi connectivity index (χ2n) is 11.1. The van der Waals surface area contributed by atoms with Crippen LogP contribution in [0.4, 0.5) is 0 Å². The fraction of sp³-hybridized carbons (Fsp3) is 0.0833. The zero-order valence-corrected chi connectivity index (χ0v) is 22.9. The van der Waals surface area contributed by atoms with Crippen molar-refractivity contribution in [2.24, 2.45) is 0 Å². The molecule has 0 unspecified atom stereocenters. The van der Waals surface area contributed by atoms with Gasteiger partial charge in [0.25, 0.3) is 0 Å². The molecule has 0 fully saturated rings. The van der Waals surface area contributed by atoms with Crippen LogP contribution < -0.4 is 0 Å². The highest BCUT2D eigenvalue weighted by atomic mass is 15.1. The number of para-hydroxylation sites is 3. The van der Waals surface area contributed by atoms with E-state index in [-0.39, 0.29) is 5.41 Å². The third kappa shape index (κ3) is 3.59. The molecule has 0 saturated heterocycles. The van der Waals surface area contributed by atoms with Crippen LogP contribution >= 0.6 is 0 Å². The van der Waals surface area contributed by atoms with E-state index in [0.717, 1.165) is 55.6 Å². The summed E-state index contributed by atoms with van der Waals surface area (Å²) in [6.45, 7) is 4.58. The predicted molar refractivity (Wildman–Crippen MR) is 167 cm³/mol. The van der Waals surface area contributed by atoms with E-state index in [1.807, 2.05) is 36.8 Å². The topological polar surface area (TPSA) is 48.0 Å². The second-order valence-corrected chi connectivity index (χ2v) is 11.1. The molecule has 0 radical (unpaired) electrons. The molecule has 5 heteroatoms. The van der Waals surface area contributed by atoms with Crippen LogP contribution in [-0.2, 0) is 5.41 Å². The summed E-state index contributed by atoms with van der Waals surface area (Å²) in [4.78, 5) is 14.6. The smallest absolute Gasteiger partial charge is 0.147 e. The summed E-state index contributed by atoms with van der Waals surface area (Å²) in [5.74, 6) is 0.928. The van der Waals surface area contributed by atoms with Crippen LogP contribution in [0.2, 0.25) is 0 Å². The molecule has 0 N–H and O–H groups in total. The largest absolute Gasteiger partial charge is 0.300 e. The summed E-state index contributed by atoms with van der Waals surface area (Å²) in [6, 6.07) is 38.3. The number of nitrogens with zero attached hydrogens (tertiary/aromatic N) is 5. The Balaban J connectivity index is 1.30. The van der Waals surface area contributed by atoms with Crippen molar-refractivity contribution in [2.45, 2.75) is 19.3 Å². The van der Waals surface area contributed by atoms with Crippen LogP contribution in [0.1, 0.15) is 25.0 Å². The number of rotatable bonds is 4. The number of imidazole rings is 2. The fourth-order valence-corrected chi connectivity index (χ4v) is 6.09. The Bertz CT molecular complexity index is 2240. The third-order valence-electron chi connectivity index (χ3n) is 8.34. The molecule has 0 amide bonds. The van der Waals surface area contributed by atoms with Crippen LogP contribution in [0.25, 0.3) is 55.6 Å². The molecule has 4 aromatic carbocycles. The SMILES string of the molecule is CC(C)(c1cccc(-c2nccn2-c2ccccc2)c1)c1ccc2c(c1)c1ncccc1c1nc3ccccc3n21. The molecule has 4 heterocycles. The van der Waals surface area contributed by atoms with Crippen LogP contribution in [0, 0.1) is 0 Å². The van der Waals surface area contributed by atoms with Crippen molar-refractivity contribution >= 4 is 38.5 Å². The third-order valence-corrected chi connectivity index (χ3v) is 8.34. The lowest BCUT2D eigenvalue weighted by Gasteiger charge is -2.27. The quantitative estimate of drug-likeness (QED) is 0.215. The minimum Gasteiger partial charge on any atom is -0.300 e. The number of hydrogen-bond acceptors (Lipinski definition) is 3. The lowest BCUT2D eigenvalue weighted by atomic mass is 9.77. The van der Waals surface area contributed by atoms with Gasteiger partial charge in [-0.2, -0.15) is 0 Å². The molecule has 41 heavy (non-hydrogen) atoms. The molecule has 5 nitrogen and oxygen atoms in total. The Hall–Kier alpha value is -5.29. The average molecular weight is 530 g/mol. The van der Waals surface area contributed by atoms with Gasteiger partial charge in [0.2, 0.25) is 0 Å². The van der Waals surface area contributed by atoms with Gasteiger partial charge in [0.1, 0.15) is 11.5 Å². The maximum absolute atomic E-state index is 4.99. The van der Waals surface area contributed by atoms with E-state index in [9.17, 15) is 0 Å². The maximum atomic E-state index is 4.99. The van der Waals surface area contributed by atoms with Gasteiger partial charge in [-0.05, 0) is 65.7 Å². The Kier molecular flexibility index (Phi) is 5.10. The number of fused-ring (bicyclic) bond motifs is 8. The number of benzene rings is 4. The van der Waals surface area contributed by atoms with Crippen molar-refractivity contribution in [1.29, 1.82) is 0 Å². The molecule has 0 aliphatic heterocycles. The van der Waals surface area contributed by atoms with E-state index in [1.54, 1.807) is 0 Å². The van der Waals surface area contributed by atoms with Gasteiger partial charge >= 0.3 is 0 Å². The first-order chi connectivity index (χ1) is 20.1. The molecule has 0 spiro atoms. The Morgan fingerprint density at radius 1 is 0.634 bits per heavy atom. The highest BCUT2D eigenvalue weighted by Crippen LogP contribution is 2.38. The van der Waals surface area contributed by atoms with Gasteiger partial charge in [0, 0.05) is 46.0 Å². The summed E-state index contributed by atoms with van der Waals surface area (Å²) in [6.07, 6.45) is 5.75. The lowest BCUT2D eigenvalue weighted by Crippen LogP contribution is -2.19. The van der Waals surface area contributed by atoms with E-state index in [2.05, 4.69) is 114 Å². The van der Waals surface area contributed by atoms with Gasteiger partial charge in [0.15, 0.2) is 0 Å². The first kappa shape index (κ1) is 23.6. The number of hydrogen-bond donors (Lipinski definition) is 0. The Morgan fingerprint density at radius 2 is 1.46 bits per heavy atom. The molecule has 4 aromatic heterocycles. The van der Waals surface area contributed by atoms with E-state index in [1.165, 1.54) is 11.1 Å². The maximum Gasteiger partial charge on any atom is 0.147 e. The highest BCUT2D eigenvalue weighted by molar-refractivity contribution is 6.12. The minimum atomic E-state index is -0.262. The van der Waals surface area contributed by atoms with E-state index < -0.39 is 0 Å². The van der Waals surface area contributed by atoms with Crippen molar-refractivity contribution in [3.05, 3.63) is 139 Å². The Labute approximate surface area is 237 Å². The average Bonchev–Trinajstić information content (AvgIpc) is 3.67. The highest BCUT2D eigenvalue weighted by Gasteiger charge is 2.25. The zero-order chi connectivity index (χ0) is 27.6. The van der Waals surface area contributed by atoms with Gasteiger partial charge < -0.3 is 0 Å². The van der Waals surface area contributed by atoms with E-state index in [4.69, 9.17) is 15.0 Å². The van der Waals surface area contributed by atoms with Crippen LogP contribution in [0.5, 0.6) is 0 Å². The predicted octanol–water partition coefficient (Wildman–Crippen LogP) is 8.37. The summed E-state index contributed by atoms with van der Waals surface area (Å²) >= 11 is 0. The van der Waals surface area contributed by atoms with Gasteiger partial charge in [0.05, 0.1) is 22.1 Å². The van der Waals surface area contributed by atoms with Gasteiger partial charge in [-0.25, -0.2) is 9.97 Å². The standard InChI is InChI=1S/C36H27N5/c1-36(2,25-11-8-10-24(22-25)34-38-20-21-40(34)27-12-4-3-5-13-27)26-17-18-31-29(23-26)33-28(14-9-19-37-33)35-39-30-15-6-7-16-32(30)41(31)35/h3-23H,1-2H3. The van der Waals surface area contributed by atoms with E-state index >= 15 is 0 Å². The molecule has 0 atom stereocenters. The second kappa shape index (κ2) is 8.86. The molecular weight excluding hydrogens is 502 g/mol. The molecule has 8 rings (SSSR count). The van der Waals surface area contributed by atoms with Crippen molar-refractivity contribution in [1.82, 2.24) is 23.9 Å². The summed E-state index contributed by atoms with van der Waals surface area (Å²) in [7, 11) is 0. The molecule has 0 aliphatic rings. The van der Waals surface area contributed by atoms with Crippen LogP contribution in [-0.4, -0.2) is 23.9 Å². The summed E-state index contributed by atoms with van der Waals surface area (Å²) in [5, 5.41) is 2.18. The van der Waals surface area contributed by atoms with Gasteiger partial charge in [-0.3, -0.25) is 14.0 Å². The normalized spacial score (nSPS) is 12.1. The van der Waals surface area contributed by atoms with Crippen molar-refractivity contribution in [3.8, 4) is 17.1 Å². The van der Waals surface area contributed by atoms with Crippen molar-refractivity contribution in [2.75, 3.05) is 0 Å². The summed E-state index contributed by atoms with van der Waals surface area (Å²) in [5.41, 5.74) is 9.48. The van der Waals surface area contributed by atoms with E-state index in [0.29, 0.717) is 0 Å². The number of pyridine rings is 2. The van der Waals surface area contributed by atoms with Crippen LogP contribution in [0.15, 0.2) is 128 Å². The zero-order valence-electron chi connectivity index (χ0n) is 22.9. The Morgan fingerprint density at radius 3 is 2.37 bits per heavy atom. The molecule has 0 bridgehead atoms. The minimum absolute atomic E-state index is 0.262. The number of aromatic nitrogens is 5. The first-order valence-corrected chi connectivity index (χ1v) is 13.9. The molecular formula is C36H27N5. The molecule has 0 saturated carbocycles. The molecule has 196 valence electrons. The van der Waals surface area contributed by atoms with Crippen LogP contribution in [0.3, 0.4) is 0 Å². The first-order valence-electron chi connectivity index (χ1n) is 13.9. The van der Waals surface area contributed by atoms with Crippen molar-refractivity contribution < 1.29 is 0 Å². The van der Waals surface area contributed by atoms with Crippen molar-refractivity contribution in [3.63, 3.8) is 0 Å².